The number of aromatic nitrogens is 2. The molecule has 1 amide bonds. The Bertz CT molecular complexity index is 635. The van der Waals surface area contributed by atoms with Crippen LogP contribution in [0.15, 0.2) is 30.3 Å². The fraction of sp³-hybridized carbons (Fsp3) is 0.412. The van der Waals surface area contributed by atoms with E-state index in [1.807, 2.05) is 30.3 Å². The Hall–Kier alpha value is -1.81. The minimum absolute atomic E-state index is 0.159. The number of amides is 1. The molecule has 1 aromatic heterocycles. The largest absolute Gasteiger partial charge is 0.352 e. The summed E-state index contributed by atoms with van der Waals surface area (Å²) in [4.78, 5) is 12.3. The Morgan fingerprint density at radius 3 is 2.64 bits per heavy atom. The van der Waals surface area contributed by atoms with Crippen molar-refractivity contribution in [2.24, 2.45) is 5.92 Å². The van der Waals surface area contributed by atoms with Crippen molar-refractivity contribution in [1.82, 2.24) is 15.1 Å². The van der Waals surface area contributed by atoms with Crippen LogP contribution in [0, 0.1) is 12.8 Å². The second kappa shape index (κ2) is 7.45. The Labute approximate surface area is 136 Å². The molecule has 1 heterocycles. The molecule has 2 aromatic rings. The van der Waals surface area contributed by atoms with Gasteiger partial charge < -0.3 is 5.32 Å². The van der Waals surface area contributed by atoms with Gasteiger partial charge in [0.25, 0.3) is 5.91 Å². The molecule has 118 valence electrons. The summed E-state index contributed by atoms with van der Waals surface area (Å²) in [7, 11) is 0. The average molecular weight is 320 g/mol. The van der Waals surface area contributed by atoms with Crippen LogP contribution in [0.4, 0.5) is 0 Å². The number of hydrogen-bond acceptors (Lipinski definition) is 2. The molecule has 1 aromatic carbocycles. The van der Waals surface area contributed by atoms with Crippen molar-refractivity contribution < 1.29 is 4.79 Å². The smallest absolute Gasteiger partial charge is 0.256 e. The first kappa shape index (κ1) is 16.6. The number of rotatable bonds is 6. The van der Waals surface area contributed by atoms with Crippen molar-refractivity contribution in [3.63, 3.8) is 0 Å². The van der Waals surface area contributed by atoms with Crippen molar-refractivity contribution in [3.05, 3.63) is 46.7 Å². The van der Waals surface area contributed by atoms with E-state index in [4.69, 9.17) is 11.6 Å². The lowest BCUT2D eigenvalue weighted by Crippen LogP contribution is -2.25. The molecule has 0 spiro atoms. The van der Waals surface area contributed by atoms with E-state index in [-0.39, 0.29) is 5.91 Å². The van der Waals surface area contributed by atoms with Gasteiger partial charge in [0.15, 0.2) is 0 Å². The highest BCUT2D eigenvalue weighted by Gasteiger charge is 2.20. The highest BCUT2D eigenvalue weighted by Crippen LogP contribution is 2.23. The van der Waals surface area contributed by atoms with Crippen LogP contribution in [0.25, 0.3) is 5.69 Å². The van der Waals surface area contributed by atoms with Gasteiger partial charge in [-0.1, -0.05) is 43.6 Å². The Morgan fingerprint density at radius 2 is 2.00 bits per heavy atom. The lowest BCUT2D eigenvalue weighted by atomic mass is 10.1. The third-order valence-corrected chi connectivity index (χ3v) is 3.82. The molecule has 0 aliphatic rings. The lowest BCUT2D eigenvalue weighted by molar-refractivity contribution is 0.0952. The van der Waals surface area contributed by atoms with Crippen molar-refractivity contribution in [2.75, 3.05) is 6.54 Å². The van der Waals surface area contributed by atoms with Crippen LogP contribution >= 0.6 is 11.6 Å². The molecular formula is C17H22ClN3O. The topological polar surface area (TPSA) is 46.9 Å². The molecule has 0 bridgehead atoms. The molecule has 2 rings (SSSR count). The molecule has 5 heteroatoms. The van der Waals surface area contributed by atoms with Gasteiger partial charge in [0.05, 0.1) is 16.9 Å². The molecule has 0 saturated heterocycles. The Morgan fingerprint density at radius 1 is 1.32 bits per heavy atom. The number of hydrogen-bond donors (Lipinski definition) is 1. The standard InChI is InChI=1S/C17H22ClN3O/c1-12(2)8-7-11-19-17(22)15-13(3)20-21(16(15)18)14-9-5-4-6-10-14/h4-6,9-10,12H,7-8,11H2,1-3H3,(H,19,22). The summed E-state index contributed by atoms with van der Waals surface area (Å²) in [5, 5.41) is 7.66. The third-order valence-electron chi connectivity index (χ3n) is 3.48. The maximum atomic E-state index is 12.3. The zero-order valence-corrected chi connectivity index (χ0v) is 14.0. The van der Waals surface area contributed by atoms with Crippen molar-refractivity contribution in [2.45, 2.75) is 33.6 Å². The van der Waals surface area contributed by atoms with Crippen LogP contribution in [0.2, 0.25) is 5.15 Å². The Balaban J connectivity index is 2.12. The summed E-state index contributed by atoms with van der Waals surface area (Å²) in [6, 6.07) is 9.56. The van der Waals surface area contributed by atoms with Crippen LogP contribution in [-0.2, 0) is 0 Å². The number of nitrogens with one attached hydrogen (secondary N) is 1. The van der Waals surface area contributed by atoms with E-state index < -0.39 is 0 Å². The minimum Gasteiger partial charge on any atom is -0.352 e. The number of nitrogens with zero attached hydrogens (tertiary/aromatic N) is 2. The summed E-state index contributed by atoms with van der Waals surface area (Å²) in [5.74, 6) is 0.483. The SMILES string of the molecule is Cc1nn(-c2ccccc2)c(Cl)c1C(=O)NCCCC(C)C. The van der Waals surface area contributed by atoms with Crippen molar-refractivity contribution in [1.29, 1.82) is 0 Å². The molecule has 0 aliphatic carbocycles. The third kappa shape index (κ3) is 3.89. The fourth-order valence-electron chi connectivity index (χ4n) is 2.30. The zero-order chi connectivity index (χ0) is 16.1. The number of benzene rings is 1. The molecule has 0 atom stereocenters. The molecule has 22 heavy (non-hydrogen) atoms. The maximum Gasteiger partial charge on any atom is 0.256 e. The predicted molar refractivity (Wildman–Crippen MR) is 89.7 cm³/mol. The van der Waals surface area contributed by atoms with Gasteiger partial charge in [0.1, 0.15) is 5.15 Å². The van der Waals surface area contributed by atoms with E-state index in [1.165, 1.54) is 0 Å². The summed E-state index contributed by atoms with van der Waals surface area (Å²) < 4.78 is 1.60. The van der Waals surface area contributed by atoms with Crippen LogP contribution in [-0.4, -0.2) is 22.2 Å². The minimum atomic E-state index is -0.159. The van der Waals surface area contributed by atoms with Crippen LogP contribution in [0.5, 0.6) is 0 Å². The molecule has 0 radical (unpaired) electrons. The first-order valence-electron chi connectivity index (χ1n) is 7.59. The quantitative estimate of drug-likeness (QED) is 0.818. The summed E-state index contributed by atoms with van der Waals surface area (Å²) in [6.07, 6.45) is 2.06. The van der Waals surface area contributed by atoms with Crippen LogP contribution in [0.3, 0.4) is 0 Å². The summed E-state index contributed by atoms with van der Waals surface area (Å²) in [6.45, 7) is 6.80. The maximum absolute atomic E-state index is 12.3. The van der Waals surface area contributed by atoms with Crippen molar-refractivity contribution in [3.8, 4) is 5.69 Å². The van der Waals surface area contributed by atoms with Crippen LogP contribution < -0.4 is 5.32 Å². The van der Waals surface area contributed by atoms with Gasteiger partial charge in [-0.05, 0) is 37.8 Å². The van der Waals surface area contributed by atoms with E-state index in [0.717, 1.165) is 18.5 Å². The molecule has 0 aliphatic heterocycles. The molecule has 0 unspecified atom stereocenters. The highest BCUT2D eigenvalue weighted by atomic mass is 35.5. The van der Waals surface area contributed by atoms with Gasteiger partial charge in [-0.2, -0.15) is 5.10 Å². The lowest BCUT2D eigenvalue weighted by Gasteiger charge is -2.07. The predicted octanol–water partition coefficient (Wildman–Crippen LogP) is 4.00. The molecule has 1 N–H and O–H groups in total. The van der Waals surface area contributed by atoms with Gasteiger partial charge in [-0.3, -0.25) is 4.79 Å². The normalized spacial score (nSPS) is 11.0. The molecule has 0 fully saturated rings. The number of aryl methyl sites for hydroxylation is 1. The van der Waals surface area contributed by atoms with E-state index in [1.54, 1.807) is 11.6 Å². The van der Waals surface area contributed by atoms with E-state index >= 15 is 0 Å². The number of halogens is 1. The monoisotopic (exact) mass is 319 g/mol. The van der Waals surface area contributed by atoms with Crippen molar-refractivity contribution >= 4 is 17.5 Å². The molecule has 0 saturated carbocycles. The first-order chi connectivity index (χ1) is 10.5. The van der Waals surface area contributed by atoms with Gasteiger partial charge in [-0.25, -0.2) is 4.68 Å². The second-order valence-electron chi connectivity index (χ2n) is 5.79. The number of carbonyl (C=O) groups is 1. The van der Waals surface area contributed by atoms with Gasteiger partial charge >= 0.3 is 0 Å². The average Bonchev–Trinajstić information content (AvgIpc) is 2.79. The second-order valence-corrected chi connectivity index (χ2v) is 6.15. The first-order valence-corrected chi connectivity index (χ1v) is 7.97. The van der Waals surface area contributed by atoms with E-state index in [2.05, 4.69) is 24.3 Å². The van der Waals surface area contributed by atoms with Gasteiger partial charge in [-0.15, -0.1) is 0 Å². The van der Waals surface area contributed by atoms with E-state index in [0.29, 0.717) is 28.9 Å². The van der Waals surface area contributed by atoms with Crippen LogP contribution in [0.1, 0.15) is 42.7 Å². The van der Waals surface area contributed by atoms with E-state index in [9.17, 15) is 4.79 Å². The Kier molecular flexibility index (Phi) is 5.61. The molecule has 4 nitrogen and oxygen atoms in total. The fourth-order valence-corrected chi connectivity index (χ4v) is 2.66. The number of para-hydroxylation sites is 1. The van der Waals surface area contributed by atoms with Gasteiger partial charge in [0.2, 0.25) is 0 Å². The number of carbonyl (C=O) groups excluding carboxylic acids is 1. The highest BCUT2D eigenvalue weighted by molar-refractivity contribution is 6.33. The summed E-state index contributed by atoms with van der Waals surface area (Å²) in [5.41, 5.74) is 1.93. The van der Waals surface area contributed by atoms with Gasteiger partial charge in [0, 0.05) is 6.54 Å². The molecular weight excluding hydrogens is 298 g/mol. The zero-order valence-electron chi connectivity index (χ0n) is 13.3. The summed E-state index contributed by atoms with van der Waals surface area (Å²) >= 11 is 6.36.